The lowest BCUT2D eigenvalue weighted by atomic mass is 10.0. The molecule has 0 radical (unpaired) electrons. The van der Waals surface area contributed by atoms with Crippen molar-refractivity contribution in [3.05, 3.63) is 67.0 Å². The number of hydrogen-bond acceptors (Lipinski definition) is 5. The first-order chi connectivity index (χ1) is 14.8. The van der Waals surface area contributed by atoms with Gasteiger partial charge in [-0.05, 0) is 81.2 Å². The molecule has 2 N–H and O–H groups in total. The first-order valence-corrected chi connectivity index (χ1v) is 14.0. The molecule has 160 valence electrons. The van der Waals surface area contributed by atoms with Crippen LogP contribution in [-0.2, 0) is 0 Å². The molecule has 0 saturated heterocycles. The number of pyridine rings is 1. The Kier molecular flexibility index (Phi) is 6.57. The molecule has 0 saturated carbocycles. The van der Waals surface area contributed by atoms with Crippen molar-refractivity contribution < 1.29 is 0 Å². The number of hydrogen-bond donors (Lipinski definition) is 1. The summed E-state index contributed by atoms with van der Waals surface area (Å²) >= 11 is 4.07. The third kappa shape index (κ3) is 4.89. The van der Waals surface area contributed by atoms with E-state index in [2.05, 4.69) is 99.9 Å². The van der Waals surface area contributed by atoms with Crippen LogP contribution in [0.5, 0.6) is 0 Å². The lowest BCUT2D eigenvalue weighted by molar-refractivity contribution is 0.319. The third-order valence-corrected chi connectivity index (χ3v) is 8.22. The van der Waals surface area contributed by atoms with Gasteiger partial charge in [0.25, 0.3) is 0 Å². The molecule has 0 atom stereocenters. The monoisotopic (exact) mass is 560 g/mol. The molecule has 4 nitrogen and oxygen atoms in total. The van der Waals surface area contributed by atoms with Gasteiger partial charge >= 0.3 is 0 Å². The van der Waals surface area contributed by atoms with E-state index in [1.165, 1.54) is 16.0 Å². The summed E-state index contributed by atoms with van der Waals surface area (Å²) in [5.74, 6) is 0. The van der Waals surface area contributed by atoms with Crippen molar-refractivity contribution in [1.29, 1.82) is 0 Å². The Bertz CT molecular complexity index is 1230. The fraction of sp³-hybridized carbons (Fsp3) is 0.208. The smallest absolute Gasteiger partial charge is 0.151 e. The third-order valence-electron chi connectivity index (χ3n) is 5.24. The van der Waals surface area contributed by atoms with E-state index in [-0.39, 0.29) is 5.54 Å². The summed E-state index contributed by atoms with van der Waals surface area (Å²) in [6, 6.07) is 18.9. The van der Waals surface area contributed by atoms with Gasteiger partial charge in [-0.3, -0.25) is 3.97 Å². The summed E-state index contributed by atoms with van der Waals surface area (Å²) in [5.41, 5.74) is 12.3. The van der Waals surface area contributed by atoms with Crippen LogP contribution in [-0.4, -0.2) is 25.8 Å². The molecular formula is C24H25IN4S2. The van der Waals surface area contributed by atoms with E-state index in [9.17, 15) is 0 Å². The van der Waals surface area contributed by atoms with Crippen molar-refractivity contribution in [2.24, 2.45) is 0 Å². The standard InChI is InChI=1S/C24H25IN4S2/c1-24(2,3)28(4)30-20-10-6-8-17(12-20)22-15-29(31-25)23-21(22)13-18(14-27-23)16-7-5-9-19(26)11-16/h5-15H,26H2,1-4H3. The minimum Gasteiger partial charge on any atom is -0.399 e. The molecule has 0 aliphatic rings. The molecule has 0 aliphatic heterocycles. The van der Waals surface area contributed by atoms with Crippen LogP contribution in [0.3, 0.4) is 0 Å². The number of halogens is 1. The Morgan fingerprint density at radius 3 is 2.45 bits per heavy atom. The second kappa shape index (κ2) is 9.05. The highest BCUT2D eigenvalue weighted by Gasteiger charge is 2.19. The van der Waals surface area contributed by atoms with Crippen molar-refractivity contribution in [2.45, 2.75) is 31.2 Å². The zero-order valence-electron chi connectivity index (χ0n) is 18.0. The van der Waals surface area contributed by atoms with Crippen LogP contribution in [0.25, 0.3) is 33.3 Å². The molecule has 0 spiro atoms. The van der Waals surface area contributed by atoms with Crippen LogP contribution in [0.15, 0.2) is 71.9 Å². The van der Waals surface area contributed by atoms with Crippen LogP contribution < -0.4 is 5.73 Å². The van der Waals surface area contributed by atoms with Crippen molar-refractivity contribution in [3.63, 3.8) is 0 Å². The van der Waals surface area contributed by atoms with Crippen LogP contribution in [0.2, 0.25) is 0 Å². The maximum absolute atomic E-state index is 6.01. The molecule has 0 unspecified atom stereocenters. The number of nitrogen functional groups attached to an aromatic ring is 1. The van der Waals surface area contributed by atoms with E-state index in [1.807, 2.05) is 24.4 Å². The number of benzene rings is 2. The molecule has 2 heterocycles. The minimum absolute atomic E-state index is 0.0882. The fourth-order valence-electron chi connectivity index (χ4n) is 3.25. The number of nitrogens with zero attached hydrogens (tertiary/aromatic N) is 3. The quantitative estimate of drug-likeness (QED) is 0.155. The number of anilines is 1. The molecule has 0 aliphatic carbocycles. The predicted molar refractivity (Wildman–Crippen MR) is 145 cm³/mol. The summed E-state index contributed by atoms with van der Waals surface area (Å²) in [6.07, 6.45) is 4.10. The largest absolute Gasteiger partial charge is 0.399 e. The second-order valence-electron chi connectivity index (χ2n) is 8.45. The second-order valence-corrected chi connectivity index (χ2v) is 11.4. The summed E-state index contributed by atoms with van der Waals surface area (Å²) < 4.78 is 4.41. The zero-order chi connectivity index (χ0) is 22.2. The van der Waals surface area contributed by atoms with Gasteiger partial charge in [0.2, 0.25) is 0 Å². The Morgan fingerprint density at radius 1 is 1.00 bits per heavy atom. The van der Waals surface area contributed by atoms with E-state index >= 15 is 0 Å². The van der Waals surface area contributed by atoms with Crippen LogP contribution in [0.4, 0.5) is 5.69 Å². The van der Waals surface area contributed by atoms with Crippen LogP contribution >= 0.6 is 42.3 Å². The molecular weight excluding hydrogens is 535 g/mol. The van der Waals surface area contributed by atoms with E-state index in [4.69, 9.17) is 10.7 Å². The first kappa shape index (κ1) is 22.5. The Balaban J connectivity index is 1.80. The van der Waals surface area contributed by atoms with E-state index in [1.54, 1.807) is 21.1 Å². The van der Waals surface area contributed by atoms with Crippen LogP contribution in [0, 0.1) is 0 Å². The van der Waals surface area contributed by atoms with E-state index in [0.717, 1.165) is 27.8 Å². The Hall–Kier alpha value is -1.68. The van der Waals surface area contributed by atoms with Gasteiger partial charge in [0.05, 0.1) is 0 Å². The Morgan fingerprint density at radius 2 is 1.74 bits per heavy atom. The highest BCUT2D eigenvalue weighted by atomic mass is 127. The van der Waals surface area contributed by atoms with Crippen molar-refractivity contribution in [1.82, 2.24) is 13.3 Å². The van der Waals surface area contributed by atoms with Gasteiger partial charge in [-0.15, -0.1) is 0 Å². The summed E-state index contributed by atoms with van der Waals surface area (Å²) in [6.45, 7) is 6.66. The molecule has 2 aromatic heterocycles. The lowest BCUT2D eigenvalue weighted by Crippen LogP contribution is -2.32. The maximum atomic E-state index is 6.01. The molecule has 0 bridgehead atoms. The van der Waals surface area contributed by atoms with Gasteiger partial charge in [-0.25, -0.2) is 9.29 Å². The summed E-state index contributed by atoms with van der Waals surface area (Å²) in [7, 11) is 3.76. The van der Waals surface area contributed by atoms with Gasteiger partial charge in [0.1, 0.15) is 0 Å². The maximum Gasteiger partial charge on any atom is 0.151 e. The highest BCUT2D eigenvalue weighted by Crippen LogP contribution is 2.38. The minimum atomic E-state index is 0.0882. The van der Waals surface area contributed by atoms with Crippen molar-refractivity contribution in [3.8, 4) is 22.3 Å². The first-order valence-electron chi connectivity index (χ1n) is 9.94. The van der Waals surface area contributed by atoms with Gasteiger partial charge in [-0.1, -0.05) is 24.3 Å². The van der Waals surface area contributed by atoms with E-state index in [0.29, 0.717) is 0 Å². The zero-order valence-corrected chi connectivity index (χ0v) is 21.8. The van der Waals surface area contributed by atoms with Gasteiger partial charge in [-0.2, -0.15) is 0 Å². The van der Waals surface area contributed by atoms with Crippen LogP contribution in [0.1, 0.15) is 20.8 Å². The number of fused-ring (bicyclic) bond motifs is 1. The predicted octanol–water partition coefficient (Wildman–Crippen LogP) is 7.54. The highest BCUT2D eigenvalue weighted by molar-refractivity contribution is 14.2. The number of aromatic nitrogens is 2. The molecule has 7 heteroatoms. The Labute approximate surface area is 204 Å². The molecule has 0 fully saturated rings. The topological polar surface area (TPSA) is 47.1 Å². The average Bonchev–Trinajstić information content (AvgIpc) is 3.11. The molecule has 4 aromatic rings. The molecule has 0 amide bonds. The number of rotatable bonds is 5. The van der Waals surface area contributed by atoms with Crippen molar-refractivity contribution >= 4 is 59.0 Å². The van der Waals surface area contributed by atoms with E-state index < -0.39 is 0 Å². The molecule has 2 aromatic carbocycles. The average molecular weight is 561 g/mol. The number of nitrogens with two attached hydrogens (primary N) is 1. The molecule has 31 heavy (non-hydrogen) atoms. The SMILES string of the molecule is CN(Sc1cccc(-c2cn(SI)c3ncc(-c4cccc(N)c4)cc23)c1)C(C)(C)C. The lowest BCUT2D eigenvalue weighted by Gasteiger charge is -2.30. The van der Waals surface area contributed by atoms with Gasteiger partial charge in [0.15, 0.2) is 5.65 Å². The normalized spacial score (nSPS) is 12.1. The van der Waals surface area contributed by atoms with Gasteiger partial charge in [0, 0.05) is 75.4 Å². The summed E-state index contributed by atoms with van der Waals surface area (Å²) in [5, 5.41) is 1.13. The van der Waals surface area contributed by atoms with Crippen molar-refractivity contribution in [2.75, 3.05) is 12.8 Å². The fourth-order valence-corrected chi connectivity index (χ4v) is 5.42. The van der Waals surface area contributed by atoms with Gasteiger partial charge < -0.3 is 5.73 Å². The molecule has 4 rings (SSSR count). The summed E-state index contributed by atoms with van der Waals surface area (Å²) in [4.78, 5) is 6.01.